The van der Waals surface area contributed by atoms with E-state index in [2.05, 4.69) is 42.2 Å². The third kappa shape index (κ3) is 3.43. The lowest BCUT2D eigenvalue weighted by molar-refractivity contribution is 0.225. The number of nitrogens with one attached hydrogen (secondary N) is 1. The molecule has 3 aromatic rings. The number of hydrogen-bond acceptors (Lipinski definition) is 6. The predicted octanol–water partition coefficient (Wildman–Crippen LogP) is 3.93. The van der Waals surface area contributed by atoms with Crippen LogP contribution in [0.2, 0.25) is 0 Å². The second-order valence-electron chi connectivity index (χ2n) is 7.67. The molecular formula is C18H25N5OS. The van der Waals surface area contributed by atoms with Crippen LogP contribution in [-0.4, -0.2) is 39.1 Å². The Kier molecular flexibility index (Phi) is 4.29. The largest absolute Gasteiger partial charge is 0.468 e. The van der Waals surface area contributed by atoms with Crippen molar-refractivity contribution in [3.63, 3.8) is 0 Å². The fourth-order valence-corrected chi connectivity index (χ4v) is 4.05. The van der Waals surface area contributed by atoms with Crippen molar-refractivity contribution < 1.29 is 4.42 Å². The Bertz CT molecular complexity index is 792. The van der Waals surface area contributed by atoms with Crippen LogP contribution in [0.4, 0.5) is 5.13 Å². The minimum atomic E-state index is 0.0428. The van der Waals surface area contributed by atoms with Crippen LogP contribution in [0.5, 0.6) is 0 Å². The number of furan rings is 1. The molecule has 0 saturated carbocycles. The van der Waals surface area contributed by atoms with E-state index in [1.54, 1.807) is 17.6 Å². The van der Waals surface area contributed by atoms with Crippen LogP contribution in [-0.2, 0) is 5.41 Å². The second-order valence-corrected chi connectivity index (χ2v) is 8.62. The van der Waals surface area contributed by atoms with E-state index in [4.69, 9.17) is 9.40 Å². The summed E-state index contributed by atoms with van der Waals surface area (Å²) >= 11 is 1.60. The lowest BCUT2D eigenvalue weighted by atomic mass is 9.93. The van der Waals surface area contributed by atoms with Crippen molar-refractivity contribution in [1.29, 1.82) is 0 Å². The topological polar surface area (TPSA) is 58.6 Å². The number of aromatic nitrogens is 3. The van der Waals surface area contributed by atoms with Crippen molar-refractivity contribution in [2.75, 3.05) is 25.0 Å². The molecule has 25 heavy (non-hydrogen) atoms. The number of imidazole rings is 1. The summed E-state index contributed by atoms with van der Waals surface area (Å²) in [5.74, 6) is 1.02. The van der Waals surface area contributed by atoms with Crippen LogP contribution in [0.1, 0.15) is 51.1 Å². The molecule has 1 aliphatic heterocycles. The Balaban J connectivity index is 1.49. The van der Waals surface area contributed by atoms with Crippen molar-refractivity contribution in [2.45, 2.75) is 45.1 Å². The highest BCUT2D eigenvalue weighted by molar-refractivity contribution is 7.20. The van der Waals surface area contributed by atoms with E-state index in [9.17, 15) is 0 Å². The van der Waals surface area contributed by atoms with E-state index in [-0.39, 0.29) is 11.5 Å². The van der Waals surface area contributed by atoms with Gasteiger partial charge >= 0.3 is 0 Å². The lowest BCUT2D eigenvalue weighted by Gasteiger charge is -2.25. The quantitative estimate of drug-likeness (QED) is 0.748. The molecule has 7 heteroatoms. The van der Waals surface area contributed by atoms with Gasteiger partial charge in [0, 0.05) is 12.0 Å². The van der Waals surface area contributed by atoms with Gasteiger partial charge in [0.2, 0.25) is 10.1 Å². The maximum absolute atomic E-state index is 5.68. The van der Waals surface area contributed by atoms with E-state index in [1.165, 1.54) is 12.8 Å². The average Bonchev–Trinajstić information content (AvgIpc) is 3.32. The first kappa shape index (κ1) is 16.6. The highest BCUT2D eigenvalue weighted by atomic mass is 32.1. The first-order valence-corrected chi connectivity index (χ1v) is 9.70. The smallest absolute Gasteiger partial charge is 0.214 e. The molecule has 1 saturated heterocycles. The van der Waals surface area contributed by atoms with Crippen LogP contribution in [0.25, 0.3) is 4.96 Å². The van der Waals surface area contributed by atoms with Crippen molar-refractivity contribution in [3.05, 3.63) is 36.0 Å². The molecule has 0 aromatic carbocycles. The molecule has 0 bridgehead atoms. The standard InChI is InChI=1S/C18H25N5OS/c1-18(2,3)15-12-23-17(20-15)25-16(21-23)19-11-13(14-7-6-10-24-14)22-8-4-5-9-22/h6-7,10,12-13H,4-5,8-9,11H2,1-3H3,(H,19,21). The van der Waals surface area contributed by atoms with Gasteiger partial charge in [-0.2, -0.15) is 0 Å². The van der Waals surface area contributed by atoms with Crippen molar-refractivity contribution in [1.82, 2.24) is 19.5 Å². The zero-order chi connectivity index (χ0) is 17.4. The molecule has 1 aliphatic rings. The number of anilines is 1. The van der Waals surface area contributed by atoms with Crippen LogP contribution >= 0.6 is 11.3 Å². The van der Waals surface area contributed by atoms with Crippen LogP contribution < -0.4 is 5.32 Å². The molecule has 0 radical (unpaired) electrons. The van der Waals surface area contributed by atoms with Crippen molar-refractivity contribution in [3.8, 4) is 0 Å². The molecule has 1 N–H and O–H groups in total. The van der Waals surface area contributed by atoms with Gasteiger partial charge < -0.3 is 9.73 Å². The Morgan fingerprint density at radius 1 is 1.32 bits per heavy atom. The van der Waals surface area contributed by atoms with Gasteiger partial charge in [0.05, 0.1) is 24.2 Å². The molecular weight excluding hydrogens is 334 g/mol. The van der Waals surface area contributed by atoms with Gasteiger partial charge in [0.15, 0.2) is 0 Å². The van der Waals surface area contributed by atoms with E-state index in [0.29, 0.717) is 0 Å². The van der Waals surface area contributed by atoms with E-state index >= 15 is 0 Å². The fraction of sp³-hybridized carbons (Fsp3) is 0.556. The first-order valence-electron chi connectivity index (χ1n) is 8.89. The van der Waals surface area contributed by atoms with Gasteiger partial charge in [-0.25, -0.2) is 9.50 Å². The number of likely N-dealkylation sites (tertiary alicyclic amines) is 1. The molecule has 0 spiro atoms. The van der Waals surface area contributed by atoms with Crippen molar-refractivity contribution >= 4 is 21.4 Å². The highest BCUT2D eigenvalue weighted by Crippen LogP contribution is 2.28. The summed E-state index contributed by atoms with van der Waals surface area (Å²) in [7, 11) is 0. The van der Waals surface area contributed by atoms with Crippen LogP contribution in [0.15, 0.2) is 29.0 Å². The van der Waals surface area contributed by atoms with Crippen LogP contribution in [0.3, 0.4) is 0 Å². The summed E-state index contributed by atoms with van der Waals surface area (Å²) in [5, 5.41) is 9.03. The van der Waals surface area contributed by atoms with Gasteiger partial charge in [0.1, 0.15) is 5.76 Å². The number of nitrogens with zero attached hydrogens (tertiary/aromatic N) is 4. The monoisotopic (exact) mass is 359 g/mol. The molecule has 1 atom stereocenters. The zero-order valence-corrected chi connectivity index (χ0v) is 15.8. The minimum Gasteiger partial charge on any atom is -0.468 e. The van der Waals surface area contributed by atoms with E-state index in [1.807, 2.05) is 16.8 Å². The van der Waals surface area contributed by atoms with E-state index in [0.717, 1.165) is 41.2 Å². The maximum atomic E-state index is 5.68. The summed E-state index contributed by atoms with van der Waals surface area (Å²) in [5.41, 5.74) is 1.12. The Morgan fingerprint density at radius 3 is 2.76 bits per heavy atom. The third-order valence-electron chi connectivity index (χ3n) is 4.71. The molecule has 1 unspecified atom stereocenters. The second kappa shape index (κ2) is 6.46. The number of hydrogen-bond donors (Lipinski definition) is 1. The van der Waals surface area contributed by atoms with Gasteiger partial charge in [-0.05, 0) is 38.1 Å². The SMILES string of the molecule is CC(C)(C)c1cn2nc(NCC(c3ccco3)N3CCCC3)sc2n1. The summed E-state index contributed by atoms with van der Waals surface area (Å²) in [6.07, 6.45) is 6.31. The first-order chi connectivity index (χ1) is 12.0. The zero-order valence-electron chi connectivity index (χ0n) is 15.0. The predicted molar refractivity (Wildman–Crippen MR) is 100 cm³/mol. The Hall–Kier alpha value is -1.86. The Labute approximate surface area is 151 Å². The molecule has 0 aliphatic carbocycles. The normalized spacial score (nSPS) is 17.4. The highest BCUT2D eigenvalue weighted by Gasteiger charge is 2.26. The van der Waals surface area contributed by atoms with Gasteiger partial charge in [-0.3, -0.25) is 4.90 Å². The Morgan fingerprint density at radius 2 is 2.12 bits per heavy atom. The number of rotatable bonds is 5. The molecule has 0 amide bonds. The summed E-state index contributed by atoms with van der Waals surface area (Å²) in [4.78, 5) is 8.13. The molecule has 4 rings (SSSR count). The number of fused-ring (bicyclic) bond motifs is 1. The van der Waals surface area contributed by atoms with E-state index < -0.39 is 0 Å². The average molecular weight is 359 g/mol. The van der Waals surface area contributed by atoms with Crippen molar-refractivity contribution in [2.24, 2.45) is 0 Å². The van der Waals surface area contributed by atoms with Gasteiger partial charge in [0.25, 0.3) is 0 Å². The minimum absolute atomic E-state index is 0.0428. The van der Waals surface area contributed by atoms with Gasteiger partial charge in [-0.1, -0.05) is 32.1 Å². The summed E-state index contributed by atoms with van der Waals surface area (Å²) in [6.45, 7) is 9.55. The fourth-order valence-electron chi connectivity index (χ4n) is 3.26. The molecule has 6 nitrogen and oxygen atoms in total. The van der Waals surface area contributed by atoms with Gasteiger partial charge in [-0.15, -0.1) is 5.10 Å². The summed E-state index contributed by atoms with van der Waals surface area (Å²) < 4.78 is 7.56. The molecule has 4 heterocycles. The molecule has 3 aromatic heterocycles. The lowest BCUT2D eigenvalue weighted by Crippen LogP contribution is -2.30. The molecule has 1 fully saturated rings. The van der Waals surface area contributed by atoms with Crippen LogP contribution in [0, 0.1) is 0 Å². The summed E-state index contributed by atoms with van der Waals surface area (Å²) in [6, 6.07) is 4.28. The maximum Gasteiger partial charge on any atom is 0.214 e. The third-order valence-corrected chi connectivity index (χ3v) is 5.59. The molecule has 134 valence electrons.